The molecule has 0 bridgehead atoms. The van der Waals surface area contributed by atoms with Gasteiger partial charge in [-0.15, -0.1) is 0 Å². The molecule has 0 spiro atoms. The molecule has 5 N–H and O–H groups in total. The van der Waals surface area contributed by atoms with E-state index in [0.29, 0.717) is 17.3 Å². The normalized spacial score (nSPS) is 29.4. The molecule has 0 radical (unpaired) electrons. The van der Waals surface area contributed by atoms with Gasteiger partial charge in [-0.25, -0.2) is 4.79 Å². The minimum atomic E-state index is -1.41. The second-order valence-electron chi connectivity index (χ2n) is 16.2. The van der Waals surface area contributed by atoms with Crippen LogP contribution in [0.2, 0.25) is 0 Å². The molecule has 10 atom stereocenters. The summed E-state index contributed by atoms with van der Waals surface area (Å²) < 4.78 is 37.3. The Morgan fingerprint density at radius 1 is 1.09 bits per heavy atom. The highest BCUT2D eigenvalue weighted by molar-refractivity contribution is 8.13. The number of ketones is 2. The average molecular weight is 897 g/mol. The number of carbonyl (C=O) groups excluding carboxylic acids is 4. The van der Waals surface area contributed by atoms with Gasteiger partial charge < -0.3 is 54.3 Å². The van der Waals surface area contributed by atoms with Gasteiger partial charge in [0.05, 0.1) is 49.5 Å². The number of H-pyrrole nitrogens is 1. The number of pyridine rings is 1. The molecule has 2 saturated heterocycles. The van der Waals surface area contributed by atoms with Crippen LogP contribution in [0.3, 0.4) is 0 Å². The van der Waals surface area contributed by atoms with Gasteiger partial charge in [0.25, 0.3) is 0 Å². The molecule has 17 heteroatoms. The molecule has 1 aromatic carbocycles. The number of allylic oxidation sites excluding steroid dienone is 2. The zero-order chi connectivity index (χ0) is 45.7. The molecule has 0 saturated carbocycles. The number of aromatic nitrogens is 2. The van der Waals surface area contributed by atoms with E-state index in [9.17, 15) is 29.4 Å². The summed E-state index contributed by atoms with van der Waals surface area (Å²) >= 11 is 0.995. The van der Waals surface area contributed by atoms with Crippen molar-refractivity contribution >= 4 is 56.3 Å². The number of nitrogens with zero attached hydrogens (tertiary/aromatic N) is 1. The fourth-order valence-corrected chi connectivity index (χ4v) is 9.01. The first-order valence-electron chi connectivity index (χ1n) is 21.1. The third kappa shape index (κ3) is 10.4. The van der Waals surface area contributed by atoms with Crippen LogP contribution in [-0.2, 0) is 38.0 Å². The number of methoxy groups -OCH3 is 2. The predicted molar refractivity (Wildman–Crippen MR) is 237 cm³/mol. The van der Waals surface area contributed by atoms with Gasteiger partial charge in [0.15, 0.2) is 29.3 Å². The molecule has 64 heavy (non-hydrogen) atoms. The number of hydrogen-bond donors (Lipinski definition) is 5. The lowest BCUT2D eigenvalue weighted by atomic mass is 9.86. The van der Waals surface area contributed by atoms with Crippen molar-refractivity contribution in [1.82, 2.24) is 20.6 Å². The number of alkyl carbamates (subject to hydrolysis) is 1. The number of hydrogen-bond acceptors (Lipinski definition) is 15. The van der Waals surface area contributed by atoms with Crippen LogP contribution in [0.25, 0.3) is 21.8 Å². The van der Waals surface area contributed by atoms with E-state index in [-0.39, 0.29) is 76.0 Å². The van der Waals surface area contributed by atoms with Crippen molar-refractivity contribution in [3.63, 3.8) is 0 Å². The fourth-order valence-electron chi connectivity index (χ4n) is 8.52. The lowest BCUT2D eigenvalue weighted by molar-refractivity contribution is -0.304. The first-order chi connectivity index (χ1) is 30.8. The van der Waals surface area contributed by atoms with Gasteiger partial charge in [-0.3, -0.25) is 19.4 Å². The maximum Gasteiger partial charge on any atom is 0.407 e. The number of rotatable bonds is 12. The molecule has 8 unspecified atom stereocenters. The number of carbonyl (C=O) groups is 4. The monoisotopic (exact) mass is 896 g/mol. The number of ether oxygens (including phenoxy) is 6. The number of phenolic OH excluding ortho intramolecular Hbond substituents is 1. The van der Waals surface area contributed by atoms with Gasteiger partial charge in [0.2, 0.25) is 0 Å². The van der Waals surface area contributed by atoms with Crippen molar-refractivity contribution in [2.45, 2.75) is 108 Å². The molecule has 2 fully saturated rings. The van der Waals surface area contributed by atoms with E-state index in [1.807, 2.05) is 13.8 Å². The van der Waals surface area contributed by atoms with E-state index in [1.54, 1.807) is 50.6 Å². The number of benzene rings is 1. The smallest absolute Gasteiger partial charge is 0.407 e. The van der Waals surface area contributed by atoms with Crippen molar-refractivity contribution in [2.24, 2.45) is 5.92 Å². The highest BCUT2D eigenvalue weighted by Gasteiger charge is 2.46. The van der Waals surface area contributed by atoms with E-state index in [0.717, 1.165) is 29.8 Å². The predicted octanol–water partition coefficient (Wildman–Crippen LogP) is 4.39. The number of phenols is 1. The van der Waals surface area contributed by atoms with Crippen molar-refractivity contribution < 1.29 is 57.8 Å². The minimum Gasteiger partial charge on any atom is -0.508 e. The lowest BCUT2D eigenvalue weighted by Crippen LogP contribution is -2.55. The van der Waals surface area contributed by atoms with Crippen LogP contribution in [-0.4, -0.2) is 131 Å². The van der Waals surface area contributed by atoms with E-state index in [2.05, 4.69) is 44.3 Å². The highest BCUT2D eigenvalue weighted by Crippen LogP contribution is 2.39. The Bertz CT molecular complexity index is 2510. The quantitative estimate of drug-likeness (QED) is 0.126. The number of aliphatic hydroxyl groups excluding tert-OH is 1. The van der Waals surface area contributed by atoms with Crippen LogP contribution in [0.1, 0.15) is 57.4 Å². The summed E-state index contributed by atoms with van der Waals surface area (Å²) in [6.45, 7) is 7.50. The SMILES string of the molecule is COC(=O)NC1C(=O)C[C@H](O)/C(=C/CSC(C)=O)C2=C1C#C/C=C\C#C[C@@H]2OC1OC(C)C(C(=O)c2nccc3c2[nH]c2ccc(O)cc23)CC1OC1CC(OC)C(NC(C)C)CO1. The fraction of sp³-hybridized carbons (Fsp3) is 0.468. The zero-order valence-electron chi connectivity index (χ0n) is 36.3. The number of thioether (sulfide) groups is 1. The molecule has 2 aliphatic heterocycles. The van der Waals surface area contributed by atoms with Crippen molar-refractivity contribution in [3.8, 4) is 29.4 Å². The molecular weight excluding hydrogens is 845 g/mol. The Balaban J connectivity index is 1.29. The molecule has 1 amide bonds. The van der Waals surface area contributed by atoms with Gasteiger partial charge in [-0.1, -0.05) is 55.4 Å². The molecule has 16 nitrogen and oxygen atoms in total. The van der Waals surface area contributed by atoms with E-state index in [1.165, 1.54) is 19.1 Å². The van der Waals surface area contributed by atoms with Gasteiger partial charge in [0.1, 0.15) is 29.7 Å². The molecule has 3 aromatic rings. The zero-order valence-corrected chi connectivity index (χ0v) is 37.2. The minimum absolute atomic E-state index is 0.0757. The number of aromatic hydroxyl groups is 1. The largest absolute Gasteiger partial charge is 0.508 e. The summed E-state index contributed by atoms with van der Waals surface area (Å²) in [7, 11) is 2.79. The highest BCUT2D eigenvalue weighted by atomic mass is 32.2. The number of aliphatic hydroxyl groups is 1. The molecule has 2 aromatic heterocycles. The Labute approximate surface area is 374 Å². The molecular formula is C47H52N4O12S. The second-order valence-corrected chi connectivity index (χ2v) is 17.4. The average Bonchev–Trinajstić information content (AvgIpc) is 3.63. The topological polar surface area (TPSA) is 217 Å². The standard InChI is InChI=1S/C47H52N4O12S/c1-24(2)49-34-23-60-40(22-38(34)58-5)62-39-20-31(45(56)44-43-28(15-17-48-44)32-19-27(53)13-14-33(32)50-43)25(3)61-46(39)63-37-12-10-8-7-9-11-30-41(37)29(16-18-64-26(4)52)35(54)21-36(55)42(30)51-47(57)59-6/h7-8,13-17,19,24-25,31,34-35,37-40,42,46,49-50,53-54H,18,20-23H2,1-6H3,(H,51,57)/b8-7-,29-16-/t25?,31?,34?,35-,37-,38?,39?,40?,42?,46?/m0/s1. The van der Waals surface area contributed by atoms with Crippen LogP contribution in [0.4, 0.5) is 4.79 Å². The van der Waals surface area contributed by atoms with Gasteiger partial charge in [-0.2, -0.15) is 0 Å². The van der Waals surface area contributed by atoms with Crippen LogP contribution in [0.15, 0.2) is 65.4 Å². The Hall–Kier alpha value is -5.34. The molecule has 4 aliphatic rings. The molecule has 7 rings (SSSR count). The van der Waals surface area contributed by atoms with E-state index >= 15 is 0 Å². The van der Waals surface area contributed by atoms with Crippen molar-refractivity contribution in [1.29, 1.82) is 0 Å². The van der Waals surface area contributed by atoms with E-state index < -0.39 is 67.3 Å². The van der Waals surface area contributed by atoms with Crippen LogP contribution in [0.5, 0.6) is 5.75 Å². The maximum absolute atomic E-state index is 14.7. The Morgan fingerprint density at radius 2 is 1.89 bits per heavy atom. The molecule has 2 aliphatic carbocycles. The third-order valence-electron chi connectivity index (χ3n) is 11.5. The van der Waals surface area contributed by atoms with Crippen LogP contribution in [0, 0.1) is 29.6 Å². The molecule has 4 heterocycles. The second kappa shape index (κ2) is 20.7. The van der Waals surface area contributed by atoms with Crippen LogP contribution >= 0.6 is 11.8 Å². The third-order valence-corrected chi connectivity index (χ3v) is 12.2. The Kier molecular flexibility index (Phi) is 15.1. The number of nitrogens with one attached hydrogen (secondary N) is 3. The maximum atomic E-state index is 14.7. The van der Waals surface area contributed by atoms with Crippen LogP contribution < -0.4 is 10.6 Å². The summed E-state index contributed by atoms with van der Waals surface area (Å²) in [4.78, 5) is 61.1. The summed E-state index contributed by atoms with van der Waals surface area (Å²) in [5, 5.41) is 29.3. The van der Waals surface area contributed by atoms with E-state index in [4.69, 9.17) is 28.4 Å². The summed E-state index contributed by atoms with van der Waals surface area (Å²) in [6, 6.07) is 5.38. The first-order valence-corrected chi connectivity index (χ1v) is 22.1. The molecule has 338 valence electrons. The van der Waals surface area contributed by atoms with Gasteiger partial charge in [0, 0.05) is 72.3 Å². The van der Waals surface area contributed by atoms with Crippen molar-refractivity contribution in [3.05, 3.63) is 71.1 Å². The number of aromatic amines is 1. The van der Waals surface area contributed by atoms with Crippen molar-refractivity contribution in [2.75, 3.05) is 26.6 Å². The number of amides is 1. The van der Waals surface area contributed by atoms with Gasteiger partial charge >= 0.3 is 6.09 Å². The summed E-state index contributed by atoms with van der Waals surface area (Å²) in [6.07, 6.45) is -1.55. The Morgan fingerprint density at radius 3 is 2.64 bits per heavy atom. The lowest BCUT2D eigenvalue weighted by Gasteiger charge is -2.43. The van der Waals surface area contributed by atoms with Gasteiger partial charge in [-0.05, 0) is 55.3 Å². The first kappa shape index (κ1) is 46.6. The number of fused-ring (bicyclic) bond motifs is 3. The summed E-state index contributed by atoms with van der Waals surface area (Å²) in [5.41, 5.74) is 1.93. The summed E-state index contributed by atoms with van der Waals surface area (Å²) in [5.74, 6) is 10.5. The number of Topliss-reactive ketones (excluding diaryl/α,β-unsaturated/α-hetero) is 2.